The average molecular weight is 477 g/mol. The van der Waals surface area contributed by atoms with Crippen LogP contribution in [0.15, 0.2) is 54.6 Å². The molecule has 1 aromatic heterocycles. The Kier molecular flexibility index (Phi) is 6.34. The number of carbonyl (C=O) groups excluding carboxylic acids is 2. The Hall–Kier alpha value is -4.14. The maximum Gasteiger partial charge on any atom is 0.407 e. The summed E-state index contributed by atoms with van der Waals surface area (Å²) in [6.45, 7) is 5.56. The molecule has 1 heterocycles. The van der Waals surface area contributed by atoms with E-state index in [9.17, 15) is 14.4 Å². The van der Waals surface area contributed by atoms with Crippen LogP contribution < -0.4 is 10.6 Å². The summed E-state index contributed by atoms with van der Waals surface area (Å²) in [7, 11) is 1.52. The van der Waals surface area contributed by atoms with Gasteiger partial charge in [0.2, 0.25) is 5.91 Å². The van der Waals surface area contributed by atoms with Crippen LogP contribution in [0.2, 0.25) is 0 Å². The first-order valence-electron chi connectivity index (χ1n) is 11.3. The van der Waals surface area contributed by atoms with Crippen molar-refractivity contribution in [3.05, 3.63) is 71.4 Å². The number of nitrogens with one attached hydrogen (secondary N) is 2. The summed E-state index contributed by atoms with van der Waals surface area (Å²) >= 11 is 0. The highest BCUT2D eigenvalue weighted by Crippen LogP contribution is 2.44. The number of aromatic nitrogens is 2. The fraction of sp³-hybridized carbons (Fsp3) is 0.308. The summed E-state index contributed by atoms with van der Waals surface area (Å²) < 4.78 is 6.86. The molecule has 0 spiro atoms. The predicted molar refractivity (Wildman–Crippen MR) is 130 cm³/mol. The van der Waals surface area contributed by atoms with Gasteiger partial charge in [0.05, 0.1) is 0 Å². The van der Waals surface area contributed by atoms with Gasteiger partial charge in [0, 0.05) is 19.0 Å². The Balaban J connectivity index is 1.45. The summed E-state index contributed by atoms with van der Waals surface area (Å²) in [6.07, 6.45) is -0.710. The lowest BCUT2D eigenvalue weighted by molar-refractivity contribution is -0.120. The van der Waals surface area contributed by atoms with E-state index >= 15 is 0 Å². The molecule has 35 heavy (non-hydrogen) atoms. The number of alkyl carbamates (subject to hydrolysis) is 1. The van der Waals surface area contributed by atoms with Crippen LogP contribution >= 0.6 is 0 Å². The van der Waals surface area contributed by atoms with E-state index in [1.807, 2.05) is 57.2 Å². The van der Waals surface area contributed by atoms with Crippen molar-refractivity contribution >= 4 is 23.8 Å². The number of fused-ring (bicyclic) bond motifs is 3. The number of hydrogen-bond acceptors (Lipinski definition) is 5. The zero-order chi connectivity index (χ0) is 25.3. The molecule has 0 aliphatic heterocycles. The highest BCUT2D eigenvalue weighted by molar-refractivity contribution is 5.97. The van der Waals surface area contributed by atoms with Crippen molar-refractivity contribution in [2.24, 2.45) is 12.5 Å². The van der Waals surface area contributed by atoms with Gasteiger partial charge in [-0.1, -0.05) is 69.3 Å². The summed E-state index contributed by atoms with van der Waals surface area (Å²) in [5, 5.41) is 18.3. The van der Waals surface area contributed by atoms with Crippen LogP contribution in [0.5, 0.6) is 0 Å². The predicted octanol–water partition coefficient (Wildman–Crippen LogP) is 4.01. The molecule has 0 saturated carbocycles. The number of carbonyl (C=O) groups is 3. The standard InChI is InChI=1S/C26H28N4O5/c1-26(2,3)22(23(31)27-21-13-20(24(32)33)29-30(21)4)28-25(34)35-14-19-17-11-7-5-9-15(17)16-10-6-8-12-18(16)19/h5-13,19,22H,14H2,1-4H3,(H,27,31)(H,28,34)(H,32,33). The summed E-state index contributed by atoms with van der Waals surface area (Å²) in [5.41, 5.74) is 3.60. The number of carboxylic acid groups (broad SMARTS) is 1. The highest BCUT2D eigenvalue weighted by Gasteiger charge is 2.35. The number of hydrogen-bond donors (Lipinski definition) is 3. The number of anilines is 1. The topological polar surface area (TPSA) is 123 Å². The number of ether oxygens (including phenoxy) is 1. The van der Waals surface area contributed by atoms with E-state index in [2.05, 4.69) is 27.9 Å². The number of aromatic carboxylic acids is 1. The number of carboxylic acids is 1. The van der Waals surface area contributed by atoms with Gasteiger partial charge < -0.3 is 20.5 Å². The SMILES string of the molecule is Cn1nc(C(=O)O)cc1NC(=O)C(NC(=O)OCC1c2ccccc2-c2ccccc21)C(C)(C)C. The minimum atomic E-state index is -1.20. The number of nitrogens with zero attached hydrogens (tertiary/aromatic N) is 2. The second-order valence-electron chi connectivity index (χ2n) is 9.60. The Bertz CT molecular complexity index is 1250. The van der Waals surface area contributed by atoms with E-state index < -0.39 is 29.4 Å². The summed E-state index contributed by atoms with van der Waals surface area (Å²) in [5.74, 6) is -1.61. The Morgan fingerprint density at radius 3 is 2.14 bits per heavy atom. The third kappa shape index (κ3) is 4.89. The molecule has 0 radical (unpaired) electrons. The summed E-state index contributed by atoms with van der Waals surface area (Å²) in [6, 6.07) is 16.4. The lowest BCUT2D eigenvalue weighted by Crippen LogP contribution is -2.51. The van der Waals surface area contributed by atoms with Crippen LogP contribution in [0, 0.1) is 5.41 Å². The van der Waals surface area contributed by atoms with Gasteiger partial charge in [0.1, 0.15) is 18.5 Å². The molecule has 0 saturated heterocycles. The molecular weight excluding hydrogens is 448 g/mol. The molecule has 4 rings (SSSR count). The fourth-order valence-corrected chi connectivity index (χ4v) is 4.32. The van der Waals surface area contributed by atoms with Gasteiger partial charge in [0.25, 0.3) is 0 Å². The van der Waals surface area contributed by atoms with Crippen LogP contribution in [0.1, 0.15) is 48.3 Å². The van der Waals surface area contributed by atoms with Crippen LogP contribution in [-0.4, -0.2) is 45.5 Å². The van der Waals surface area contributed by atoms with E-state index in [1.165, 1.54) is 17.8 Å². The van der Waals surface area contributed by atoms with E-state index in [0.717, 1.165) is 22.3 Å². The number of rotatable bonds is 6. The average Bonchev–Trinajstić information content (AvgIpc) is 3.33. The molecule has 0 bridgehead atoms. The second kappa shape index (κ2) is 9.25. The van der Waals surface area contributed by atoms with Crippen LogP contribution in [-0.2, 0) is 16.6 Å². The lowest BCUT2D eigenvalue weighted by Gasteiger charge is -2.30. The van der Waals surface area contributed by atoms with E-state index in [1.54, 1.807) is 0 Å². The monoisotopic (exact) mass is 476 g/mol. The molecule has 1 unspecified atom stereocenters. The van der Waals surface area contributed by atoms with Crippen molar-refractivity contribution < 1.29 is 24.2 Å². The zero-order valence-electron chi connectivity index (χ0n) is 20.0. The van der Waals surface area contributed by atoms with Crippen molar-refractivity contribution in [3.63, 3.8) is 0 Å². The van der Waals surface area contributed by atoms with Gasteiger partial charge in [-0.3, -0.25) is 9.48 Å². The first-order chi connectivity index (χ1) is 16.6. The van der Waals surface area contributed by atoms with E-state index in [4.69, 9.17) is 9.84 Å². The second-order valence-corrected chi connectivity index (χ2v) is 9.60. The zero-order valence-corrected chi connectivity index (χ0v) is 20.0. The largest absolute Gasteiger partial charge is 0.476 e. The first-order valence-corrected chi connectivity index (χ1v) is 11.3. The van der Waals surface area contributed by atoms with Gasteiger partial charge in [-0.25, -0.2) is 9.59 Å². The van der Waals surface area contributed by atoms with E-state index in [-0.39, 0.29) is 24.0 Å². The van der Waals surface area contributed by atoms with Gasteiger partial charge in [-0.2, -0.15) is 5.10 Å². The first kappa shape index (κ1) is 24.0. The molecule has 9 heteroatoms. The molecule has 2 amide bonds. The van der Waals surface area contributed by atoms with Gasteiger partial charge >= 0.3 is 12.1 Å². The smallest absolute Gasteiger partial charge is 0.407 e. The van der Waals surface area contributed by atoms with Crippen molar-refractivity contribution in [1.82, 2.24) is 15.1 Å². The maximum atomic E-state index is 13.0. The summed E-state index contributed by atoms with van der Waals surface area (Å²) in [4.78, 5) is 37.0. The maximum absolute atomic E-state index is 13.0. The molecule has 1 aliphatic rings. The van der Waals surface area contributed by atoms with Crippen LogP contribution in [0.3, 0.4) is 0 Å². The minimum Gasteiger partial charge on any atom is -0.476 e. The number of aryl methyl sites for hydroxylation is 1. The molecule has 182 valence electrons. The quantitative estimate of drug-likeness (QED) is 0.494. The third-order valence-corrected chi connectivity index (χ3v) is 6.08. The molecule has 3 N–H and O–H groups in total. The highest BCUT2D eigenvalue weighted by atomic mass is 16.5. The molecule has 2 aromatic carbocycles. The van der Waals surface area contributed by atoms with Crippen molar-refractivity contribution in [1.29, 1.82) is 0 Å². The molecular formula is C26H28N4O5. The van der Waals surface area contributed by atoms with Gasteiger partial charge in [-0.05, 0) is 27.7 Å². The molecule has 1 atom stereocenters. The van der Waals surface area contributed by atoms with Crippen molar-refractivity contribution in [2.75, 3.05) is 11.9 Å². The Labute approximate surface area is 203 Å². The Morgan fingerprint density at radius 2 is 1.63 bits per heavy atom. The van der Waals surface area contributed by atoms with E-state index in [0.29, 0.717) is 0 Å². The van der Waals surface area contributed by atoms with Gasteiger partial charge in [0.15, 0.2) is 5.69 Å². The number of amides is 2. The third-order valence-electron chi connectivity index (χ3n) is 6.08. The van der Waals surface area contributed by atoms with Gasteiger partial charge in [-0.15, -0.1) is 0 Å². The lowest BCUT2D eigenvalue weighted by atomic mass is 9.86. The minimum absolute atomic E-state index is 0.0982. The van der Waals surface area contributed by atoms with Crippen LogP contribution in [0.4, 0.5) is 10.6 Å². The number of benzene rings is 2. The molecule has 0 fully saturated rings. The molecule has 3 aromatic rings. The molecule has 9 nitrogen and oxygen atoms in total. The van der Waals surface area contributed by atoms with Crippen molar-refractivity contribution in [3.8, 4) is 11.1 Å². The Morgan fingerprint density at radius 1 is 1.06 bits per heavy atom. The molecule has 1 aliphatic carbocycles. The van der Waals surface area contributed by atoms with Crippen LogP contribution in [0.25, 0.3) is 11.1 Å². The fourth-order valence-electron chi connectivity index (χ4n) is 4.32. The van der Waals surface area contributed by atoms with Crippen molar-refractivity contribution in [2.45, 2.75) is 32.7 Å². The normalized spacial score (nSPS) is 13.5.